The third-order valence-corrected chi connectivity index (χ3v) is 4.90. The van der Waals surface area contributed by atoms with Crippen molar-refractivity contribution in [3.8, 4) is 5.75 Å². The van der Waals surface area contributed by atoms with Crippen LogP contribution in [0, 0.1) is 0 Å². The average molecular weight is 367 g/mol. The van der Waals surface area contributed by atoms with Gasteiger partial charge in [-0.15, -0.1) is 0 Å². The van der Waals surface area contributed by atoms with E-state index in [9.17, 15) is 14.7 Å². The first-order valence-electron chi connectivity index (χ1n) is 9.43. The maximum atomic E-state index is 12.4. The Bertz CT molecular complexity index is 872. The average Bonchev–Trinajstić information content (AvgIpc) is 2.69. The first-order chi connectivity index (χ1) is 13.1. The fraction of sp³-hybridized carbons (Fsp3) is 0.364. The summed E-state index contributed by atoms with van der Waals surface area (Å²) < 4.78 is 5.24. The lowest BCUT2D eigenvalue weighted by Gasteiger charge is -2.16. The van der Waals surface area contributed by atoms with Crippen LogP contribution in [0.5, 0.6) is 5.75 Å². The Hall–Kier alpha value is -2.82. The van der Waals surface area contributed by atoms with Crippen molar-refractivity contribution in [2.45, 2.75) is 45.1 Å². The minimum Gasteiger partial charge on any atom is -0.506 e. The summed E-state index contributed by atoms with van der Waals surface area (Å²) in [5, 5.41) is 14.6. The van der Waals surface area contributed by atoms with Crippen LogP contribution >= 0.6 is 0 Å². The molecule has 5 heteroatoms. The van der Waals surface area contributed by atoms with Crippen LogP contribution in [0.25, 0.3) is 10.8 Å². The summed E-state index contributed by atoms with van der Waals surface area (Å²) in [6.45, 7) is 2.07. The molecule has 0 unspecified atom stereocenters. The van der Waals surface area contributed by atoms with E-state index in [0.29, 0.717) is 11.9 Å². The highest BCUT2D eigenvalue weighted by molar-refractivity contribution is 6.01. The van der Waals surface area contributed by atoms with Crippen LogP contribution in [0.2, 0.25) is 0 Å². The van der Waals surface area contributed by atoms with Gasteiger partial charge < -0.3 is 15.2 Å². The molecule has 3 rings (SSSR count). The topological polar surface area (TPSA) is 75.6 Å². The highest BCUT2D eigenvalue weighted by atomic mass is 16.5. The van der Waals surface area contributed by atoms with Crippen molar-refractivity contribution in [2.24, 2.45) is 0 Å². The number of nitrogens with one attached hydrogen (secondary N) is 1. The Morgan fingerprint density at radius 1 is 1.19 bits per heavy atom. The van der Waals surface area contributed by atoms with Crippen molar-refractivity contribution in [3.63, 3.8) is 0 Å². The number of phenols is 1. The molecule has 2 aromatic rings. The van der Waals surface area contributed by atoms with Crippen molar-refractivity contribution in [2.75, 3.05) is 6.54 Å². The molecule has 2 N–H and O–H groups in total. The van der Waals surface area contributed by atoms with Crippen LogP contribution in [0.1, 0.15) is 49.4 Å². The molecule has 1 aliphatic carbocycles. The Morgan fingerprint density at radius 3 is 2.78 bits per heavy atom. The molecule has 1 amide bonds. The van der Waals surface area contributed by atoms with Gasteiger partial charge in [-0.05, 0) is 50.5 Å². The molecular weight excluding hydrogens is 342 g/mol. The van der Waals surface area contributed by atoms with Gasteiger partial charge in [0.05, 0.1) is 0 Å². The second-order valence-electron chi connectivity index (χ2n) is 6.88. The minimum atomic E-state index is -0.927. The van der Waals surface area contributed by atoms with Crippen LogP contribution < -0.4 is 5.32 Å². The van der Waals surface area contributed by atoms with Crippen LogP contribution in [0.15, 0.2) is 48.0 Å². The molecule has 2 aromatic carbocycles. The maximum Gasteiger partial charge on any atom is 0.342 e. The van der Waals surface area contributed by atoms with Crippen molar-refractivity contribution in [3.05, 3.63) is 53.6 Å². The second-order valence-corrected chi connectivity index (χ2v) is 6.88. The fourth-order valence-corrected chi connectivity index (χ4v) is 3.32. The number of ether oxygens (including phenoxy) is 1. The van der Waals surface area contributed by atoms with E-state index in [2.05, 4.69) is 11.4 Å². The van der Waals surface area contributed by atoms with Gasteiger partial charge in [0.2, 0.25) is 0 Å². The van der Waals surface area contributed by atoms with Gasteiger partial charge >= 0.3 is 5.97 Å². The molecule has 0 aromatic heterocycles. The fourth-order valence-electron chi connectivity index (χ4n) is 3.32. The van der Waals surface area contributed by atoms with Crippen molar-refractivity contribution < 1.29 is 19.4 Å². The van der Waals surface area contributed by atoms with Gasteiger partial charge in [-0.25, -0.2) is 4.79 Å². The maximum absolute atomic E-state index is 12.4. The number of benzene rings is 2. The van der Waals surface area contributed by atoms with Crippen molar-refractivity contribution in [1.82, 2.24) is 5.32 Å². The Morgan fingerprint density at radius 2 is 2.00 bits per heavy atom. The molecule has 1 aliphatic rings. The number of hydrogen-bond acceptors (Lipinski definition) is 4. The number of amides is 1. The van der Waals surface area contributed by atoms with E-state index >= 15 is 0 Å². The van der Waals surface area contributed by atoms with Crippen LogP contribution in [0.4, 0.5) is 0 Å². The molecule has 27 heavy (non-hydrogen) atoms. The number of hydrogen-bond donors (Lipinski definition) is 2. The summed E-state index contributed by atoms with van der Waals surface area (Å²) in [4.78, 5) is 24.6. The quantitative estimate of drug-likeness (QED) is 0.595. The number of rotatable bonds is 6. The van der Waals surface area contributed by atoms with Gasteiger partial charge in [0.1, 0.15) is 11.3 Å². The lowest BCUT2D eigenvalue weighted by Crippen LogP contribution is -2.36. The molecular formula is C22H25NO4. The Labute approximate surface area is 159 Å². The van der Waals surface area contributed by atoms with Crippen LogP contribution in [-0.4, -0.2) is 29.6 Å². The molecule has 142 valence electrons. The highest BCUT2D eigenvalue weighted by Crippen LogP contribution is 2.29. The Balaban J connectivity index is 1.56. The molecule has 0 bridgehead atoms. The third-order valence-electron chi connectivity index (χ3n) is 4.90. The second kappa shape index (κ2) is 8.71. The highest BCUT2D eigenvalue weighted by Gasteiger charge is 2.21. The molecule has 0 heterocycles. The molecule has 0 saturated heterocycles. The van der Waals surface area contributed by atoms with E-state index < -0.39 is 12.1 Å². The van der Waals surface area contributed by atoms with Crippen LogP contribution in [-0.2, 0) is 9.53 Å². The summed E-state index contributed by atoms with van der Waals surface area (Å²) in [6.07, 6.45) is 6.82. The Kier molecular flexibility index (Phi) is 6.12. The van der Waals surface area contributed by atoms with Gasteiger partial charge in [0.25, 0.3) is 5.91 Å². The molecule has 0 aliphatic heterocycles. The number of fused-ring (bicyclic) bond motifs is 1. The van der Waals surface area contributed by atoms with E-state index in [0.717, 1.165) is 24.6 Å². The molecule has 1 atom stereocenters. The molecule has 0 radical (unpaired) electrons. The summed E-state index contributed by atoms with van der Waals surface area (Å²) >= 11 is 0. The van der Waals surface area contributed by atoms with Gasteiger partial charge in [-0.2, -0.15) is 0 Å². The lowest BCUT2D eigenvalue weighted by atomic mass is 9.97. The van der Waals surface area contributed by atoms with Gasteiger partial charge in [0, 0.05) is 11.9 Å². The number of carbonyl (C=O) groups is 2. The minimum absolute atomic E-state index is 0.0562. The zero-order valence-corrected chi connectivity index (χ0v) is 15.5. The van der Waals surface area contributed by atoms with E-state index in [1.165, 1.54) is 31.4 Å². The van der Waals surface area contributed by atoms with Gasteiger partial charge in [-0.1, -0.05) is 42.0 Å². The lowest BCUT2D eigenvalue weighted by molar-refractivity contribution is -0.129. The van der Waals surface area contributed by atoms with E-state index in [-0.39, 0.29) is 17.2 Å². The summed E-state index contributed by atoms with van der Waals surface area (Å²) in [5.74, 6) is -1.18. The molecule has 0 saturated carbocycles. The van der Waals surface area contributed by atoms with Gasteiger partial charge in [0.15, 0.2) is 6.10 Å². The standard InChI is InChI=1S/C22H25NO4/c1-15(21(25)23-14-13-16-7-3-2-4-8-16)27-22(26)19-12-11-17-9-5-6-10-18(17)20(19)24/h5-7,9-12,15,24H,2-4,8,13-14H2,1H3,(H,23,25)/t15-/m0/s1. The molecule has 5 nitrogen and oxygen atoms in total. The summed E-state index contributed by atoms with van der Waals surface area (Å²) in [6, 6.07) is 10.5. The summed E-state index contributed by atoms with van der Waals surface area (Å²) in [7, 11) is 0. The van der Waals surface area contributed by atoms with E-state index in [1.54, 1.807) is 18.2 Å². The first kappa shape index (κ1) is 19.0. The van der Waals surface area contributed by atoms with E-state index in [4.69, 9.17) is 4.74 Å². The normalized spacial score (nSPS) is 15.1. The predicted octanol–water partition coefficient (Wildman–Crippen LogP) is 4.10. The number of carbonyl (C=O) groups excluding carboxylic acids is 2. The monoisotopic (exact) mass is 367 g/mol. The largest absolute Gasteiger partial charge is 0.506 e. The zero-order chi connectivity index (χ0) is 19.2. The smallest absolute Gasteiger partial charge is 0.342 e. The summed E-state index contributed by atoms with van der Waals surface area (Å²) in [5.41, 5.74) is 1.44. The third kappa shape index (κ3) is 4.67. The van der Waals surface area contributed by atoms with Gasteiger partial charge in [-0.3, -0.25) is 4.79 Å². The van der Waals surface area contributed by atoms with Crippen molar-refractivity contribution in [1.29, 1.82) is 0 Å². The van der Waals surface area contributed by atoms with E-state index in [1.807, 2.05) is 12.1 Å². The molecule has 0 fully saturated rings. The van der Waals surface area contributed by atoms with Crippen molar-refractivity contribution >= 4 is 22.6 Å². The number of aromatic hydroxyl groups is 1. The molecule has 0 spiro atoms. The first-order valence-corrected chi connectivity index (χ1v) is 9.43. The predicted molar refractivity (Wildman–Crippen MR) is 105 cm³/mol. The number of allylic oxidation sites excluding steroid dienone is 1. The number of esters is 1. The van der Waals surface area contributed by atoms with Crippen LogP contribution in [0.3, 0.4) is 0 Å². The SMILES string of the molecule is C[C@H](OC(=O)c1ccc2ccccc2c1O)C(=O)NCCC1=CCCCC1. The zero-order valence-electron chi connectivity index (χ0n) is 15.5. The number of phenolic OH excluding ortho intramolecular Hbond substituents is 1.